The van der Waals surface area contributed by atoms with Gasteiger partial charge >= 0.3 is 6.09 Å². The van der Waals surface area contributed by atoms with Crippen LogP contribution in [0.15, 0.2) is 0 Å². The fraction of sp³-hybridized carbons (Fsp3) is 0.857. The molecule has 1 N–H and O–H groups in total. The predicted octanol–water partition coefficient (Wildman–Crippen LogP) is 3.05. The lowest BCUT2D eigenvalue weighted by Crippen LogP contribution is -2.33. The van der Waals surface area contributed by atoms with Gasteiger partial charge in [-0.1, -0.05) is 0 Å². The van der Waals surface area contributed by atoms with Crippen molar-refractivity contribution in [2.75, 3.05) is 6.54 Å². The van der Waals surface area contributed by atoms with Gasteiger partial charge in [0.1, 0.15) is 11.4 Å². The summed E-state index contributed by atoms with van der Waals surface area (Å²) >= 11 is 0. The van der Waals surface area contributed by atoms with Crippen LogP contribution in [0, 0.1) is 5.92 Å². The summed E-state index contributed by atoms with van der Waals surface area (Å²) in [5, 5.41) is 2.69. The second kappa shape index (κ2) is 6.76. The summed E-state index contributed by atoms with van der Waals surface area (Å²) in [6, 6.07) is 0. The number of hydrogen-bond donors (Lipinski definition) is 1. The summed E-state index contributed by atoms with van der Waals surface area (Å²) in [4.78, 5) is 22.8. The van der Waals surface area contributed by atoms with Crippen LogP contribution in [0.5, 0.6) is 0 Å². The van der Waals surface area contributed by atoms with Crippen LogP contribution in [-0.4, -0.2) is 24.0 Å². The number of rotatable bonds is 7. The molecule has 4 heteroatoms. The Hall–Kier alpha value is -1.06. The molecule has 1 amide bonds. The number of amides is 1. The van der Waals surface area contributed by atoms with Crippen LogP contribution < -0.4 is 5.32 Å². The van der Waals surface area contributed by atoms with E-state index in [1.54, 1.807) is 0 Å². The molecule has 0 heterocycles. The van der Waals surface area contributed by atoms with Gasteiger partial charge < -0.3 is 10.1 Å². The summed E-state index contributed by atoms with van der Waals surface area (Å²) in [5.41, 5.74) is -0.454. The first kappa shape index (κ1) is 15.0. The molecule has 1 aliphatic rings. The molecule has 1 saturated carbocycles. The van der Waals surface area contributed by atoms with Crippen LogP contribution in [0.3, 0.4) is 0 Å². The van der Waals surface area contributed by atoms with Crippen molar-refractivity contribution in [3.05, 3.63) is 0 Å². The maximum absolute atomic E-state index is 11.5. The SMILES string of the molecule is CC(C)(C)OC(=O)NCCCCC(=O)CC1CC1. The number of Topliss-reactive ketones (excluding diaryl/α,β-unsaturated/α-hetero) is 1. The molecular weight excluding hydrogens is 230 g/mol. The molecule has 1 fully saturated rings. The summed E-state index contributed by atoms with van der Waals surface area (Å²) < 4.78 is 5.11. The van der Waals surface area contributed by atoms with E-state index in [-0.39, 0.29) is 6.09 Å². The topological polar surface area (TPSA) is 55.4 Å². The number of ether oxygens (including phenoxy) is 1. The molecule has 0 spiro atoms. The van der Waals surface area contributed by atoms with Crippen molar-refractivity contribution >= 4 is 11.9 Å². The minimum absolute atomic E-state index is 0.370. The lowest BCUT2D eigenvalue weighted by molar-refractivity contribution is -0.119. The molecule has 0 unspecified atom stereocenters. The number of ketones is 1. The van der Waals surface area contributed by atoms with E-state index in [0.717, 1.165) is 19.3 Å². The second-order valence-corrected chi connectivity index (χ2v) is 6.07. The standard InChI is InChI=1S/C14H25NO3/c1-14(2,3)18-13(17)15-9-5-4-6-12(16)10-11-7-8-11/h11H,4-10H2,1-3H3,(H,15,17). The van der Waals surface area contributed by atoms with Crippen LogP contribution in [0.1, 0.15) is 59.3 Å². The minimum Gasteiger partial charge on any atom is -0.444 e. The van der Waals surface area contributed by atoms with E-state index in [1.165, 1.54) is 12.8 Å². The van der Waals surface area contributed by atoms with Crippen LogP contribution in [0.25, 0.3) is 0 Å². The third-order valence-corrected chi connectivity index (χ3v) is 2.76. The fourth-order valence-electron chi connectivity index (χ4n) is 1.70. The Morgan fingerprint density at radius 1 is 1.22 bits per heavy atom. The minimum atomic E-state index is -0.454. The maximum atomic E-state index is 11.5. The smallest absolute Gasteiger partial charge is 0.407 e. The van der Waals surface area contributed by atoms with Crippen molar-refractivity contribution in [1.82, 2.24) is 5.32 Å². The summed E-state index contributed by atoms with van der Waals surface area (Å²) in [7, 11) is 0. The monoisotopic (exact) mass is 255 g/mol. The molecule has 4 nitrogen and oxygen atoms in total. The molecular formula is C14H25NO3. The maximum Gasteiger partial charge on any atom is 0.407 e. The lowest BCUT2D eigenvalue weighted by atomic mass is 10.1. The van der Waals surface area contributed by atoms with Gasteiger partial charge in [0.25, 0.3) is 0 Å². The van der Waals surface area contributed by atoms with E-state index in [9.17, 15) is 9.59 Å². The van der Waals surface area contributed by atoms with E-state index in [1.807, 2.05) is 20.8 Å². The Balaban J connectivity index is 1.94. The Labute approximate surface area is 109 Å². The molecule has 1 rings (SSSR count). The van der Waals surface area contributed by atoms with Gasteiger partial charge in [-0.15, -0.1) is 0 Å². The van der Waals surface area contributed by atoms with Crippen molar-refractivity contribution in [2.45, 2.75) is 64.9 Å². The number of alkyl carbamates (subject to hydrolysis) is 1. The van der Waals surface area contributed by atoms with E-state index in [0.29, 0.717) is 24.7 Å². The molecule has 0 atom stereocenters. The number of unbranched alkanes of at least 4 members (excludes halogenated alkanes) is 1. The second-order valence-electron chi connectivity index (χ2n) is 6.07. The van der Waals surface area contributed by atoms with Crippen molar-refractivity contribution in [2.24, 2.45) is 5.92 Å². The predicted molar refractivity (Wildman–Crippen MR) is 70.4 cm³/mol. The Morgan fingerprint density at radius 2 is 1.89 bits per heavy atom. The molecule has 1 aliphatic carbocycles. The largest absolute Gasteiger partial charge is 0.444 e. The zero-order chi connectivity index (χ0) is 13.6. The van der Waals surface area contributed by atoms with Gasteiger partial charge in [0.05, 0.1) is 0 Å². The van der Waals surface area contributed by atoms with Gasteiger partial charge in [-0.05, 0) is 52.4 Å². The molecule has 0 aromatic heterocycles. The van der Waals surface area contributed by atoms with Crippen LogP contribution in [0.2, 0.25) is 0 Å². The Bertz CT molecular complexity index is 290. The Morgan fingerprint density at radius 3 is 2.44 bits per heavy atom. The molecule has 0 saturated heterocycles. The number of nitrogens with one attached hydrogen (secondary N) is 1. The summed E-state index contributed by atoms with van der Waals surface area (Å²) in [5.74, 6) is 1.05. The average molecular weight is 255 g/mol. The van der Waals surface area contributed by atoms with Gasteiger partial charge in [-0.3, -0.25) is 4.79 Å². The first-order valence-corrected chi connectivity index (χ1v) is 6.85. The highest BCUT2D eigenvalue weighted by Crippen LogP contribution is 2.32. The number of carbonyl (C=O) groups excluding carboxylic acids is 2. The lowest BCUT2D eigenvalue weighted by Gasteiger charge is -2.19. The molecule has 104 valence electrons. The quantitative estimate of drug-likeness (QED) is 0.711. The average Bonchev–Trinajstić information content (AvgIpc) is 2.98. The third-order valence-electron chi connectivity index (χ3n) is 2.76. The van der Waals surface area contributed by atoms with Crippen molar-refractivity contribution in [1.29, 1.82) is 0 Å². The first-order chi connectivity index (χ1) is 8.37. The zero-order valence-corrected chi connectivity index (χ0v) is 11.8. The van der Waals surface area contributed by atoms with Crippen molar-refractivity contribution in [3.8, 4) is 0 Å². The van der Waals surface area contributed by atoms with Crippen LogP contribution in [0.4, 0.5) is 4.79 Å². The van der Waals surface area contributed by atoms with E-state index in [4.69, 9.17) is 4.74 Å². The molecule has 0 aliphatic heterocycles. The molecule has 0 aromatic rings. The van der Waals surface area contributed by atoms with Crippen LogP contribution in [-0.2, 0) is 9.53 Å². The van der Waals surface area contributed by atoms with Gasteiger partial charge in [0.15, 0.2) is 0 Å². The highest BCUT2D eigenvalue weighted by Gasteiger charge is 2.23. The fourth-order valence-corrected chi connectivity index (χ4v) is 1.70. The molecule has 0 radical (unpaired) electrons. The van der Waals surface area contributed by atoms with E-state index < -0.39 is 5.60 Å². The number of carbonyl (C=O) groups is 2. The first-order valence-electron chi connectivity index (χ1n) is 6.85. The van der Waals surface area contributed by atoms with Gasteiger partial charge in [0, 0.05) is 19.4 Å². The molecule has 0 aromatic carbocycles. The summed E-state index contributed by atoms with van der Waals surface area (Å²) in [6.45, 7) is 6.08. The highest BCUT2D eigenvalue weighted by atomic mass is 16.6. The summed E-state index contributed by atoms with van der Waals surface area (Å²) in [6.07, 6.45) is 5.16. The van der Waals surface area contributed by atoms with Crippen molar-refractivity contribution in [3.63, 3.8) is 0 Å². The van der Waals surface area contributed by atoms with E-state index >= 15 is 0 Å². The zero-order valence-electron chi connectivity index (χ0n) is 11.8. The normalized spacial score (nSPS) is 15.3. The van der Waals surface area contributed by atoms with Gasteiger partial charge in [-0.2, -0.15) is 0 Å². The van der Waals surface area contributed by atoms with Crippen LogP contribution >= 0.6 is 0 Å². The molecule has 18 heavy (non-hydrogen) atoms. The van der Waals surface area contributed by atoms with Crippen molar-refractivity contribution < 1.29 is 14.3 Å². The van der Waals surface area contributed by atoms with Gasteiger partial charge in [-0.25, -0.2) is 4.79 Å². The van der Waals surface area contributed by atoms with E-state index in [2.05, 4.69) is 5.32 Å². The highest BCUT2D eigenvalue weighted by molar-refractivity contribution is 5.78. The molecule has 0 bridgehead atoms. The number of hydrogen-bond acceptors (Lipinski definition) is 3. The van der Waals surface area contributed by atoms with Gasteiger partial charge in [0.2, 0.25) is 0 Å². The third kappa shape index (κ3) is 8.09. The Kier molecular flexibility index (Phi) is 5.63.